The van der Waals surface area contributed by atoms with Crippen LogP contribution in [0.3, 0.4) is 0 Å². The third-order valence-electron chi connectivity index (χ3n) is 4.66. The van der Waals surface area contributed by atoms with Gasteiger partial charge in [0.05, 0.1) is 30.2 Å². The van der Waals surface area contributed by atoms with Gasteiger partial charge in [-0.1, -0.05) is 24.3 Å². The summed E-state index contributed by atoms with van der Waals surface area (Å²) >= 11 is 0. The van der Waals surface area contributed by atoms with E-state index in [9.17, 15) is 14.7 Å². The summed E-state index contributed by atoms with van der Waals surface area (Å²) in [7, 11) is 0. The largest absolute Gasteiger partial charge is 0.393 e. The minimum atomic E-state index is -1.03. The number of nitrogens with zero attached hydrogens (tertiary/aromatic N) is 1. The highest BCUT2D eigenvalue weighted by Gasteiger charge is 2.67. The van der Waals surface area contributed by atoms with Gasteiger partial charge in [-0.05, 0) is 24.6 Å². The Balaban J connectivity index is 1.79. The summed E-state index contributed by atoms with van der Waals surface area (Å²) in [6.45, 7) is 1.63. The van der Waals surface area contributed by atoms with Crippen LogP contribution in [0.15, 0.2) is 36.4 Å². The molecule has 0 aromatic heterocycles. The van der Waals surface area contributed by atoms with E-state index in [0.29, 0.717) is 5.69 Å². The third-order valence-corrected chi connectivity index (χ3v) is 4.66. The SMILES string of the molecule is Cc1cccc(N2C(=O)[C@@H]3[C@@H](C2=O)[C@@]2(CO)C=C[C@H]3O2)c1. The maximum atomic E-state index is 12.7. The summed E-state index contributed by atoms with van der Waals surface area (Å²) < 4.78 is 5.70. The molecule has 3 aliphatic heterocycles. The summed E-state index contributed by atoms with van der Waals surface area (Å²) in [5.74, 6) is -1.66. The Morgan fingerprint density at radius 3 is 2.86 bits per heavy atom. The number of aliphatic hydroxyl groups is 1. The van der Waals surface area contributed by atoms with Crippen molar-refractivity contribution in [2.45, 2.75) is 18.6 Å². The molecule has 1 aromatic carbocycles. The molecule has 2 saturated heterocycles. The number of aliphatic hydroxyl groups excluding tert-OH is 1. The van der Waals surface area contributed by atoms with E-state index in [2.05, 4.69) is 0 Å². The molecule has 0 radical (unpaired) electrons. The zero-order chi connectivity index (χ0) is 14.8. The van der Waals surface area contributed by atoms with E-state index in [1.165, 1.54) is 4.90 Å². The van der Waals surface area contributed by atoms with E-state index in [1.807, 2.05) is 25.1 Å². The number of amides is 2. The van der Waals surface area contributed by atoms with Gasteiger partial charge in [0.1, 0.15) is 5.60 Å². The second kappa shape index (κ2) is 4.02. The van der Waals surface area contributed by atoms with Gasteiger partial charge in [0, 0.05) is 0 Å². The maximum Gasteiger partial charge on any atom is 0.241 e. The van der Waals surface area contributed by atoms with Gasteiger partial charge in [0.25, 0.3) is 0 Å². The molecular weight excluding hydrogens is 270 g/mol. The Bertz CT molecular complexity index is 683. The highest BCUT2D eigenvalue weighted by atomic mass is 16.5. The van der Waals surface area contributed by atoms with Crippen molar-refractivity contribution >= 4 is 17.5 Å². The van der Waals surface area contributed by atoms with Crippen molar-refractivity contribution in [1.82, 2.24) is 0 Å². The first kappa shape index (κ1) is 12.7. The third kappa shape index (κ3) is 1.47. The zero-order valence-corrected chi connectivity index (χ0v) is 11.5. The second-order valence-corrected chi connectivity index (χ2v) is 5.91. The monoisotopic (exact) mass is 285 g/mol. The molecule has 2 bridgehead atoms. The summed E-state index contributed by atoms with van der Waals surface area (Å²) in [6.07, 6.45) is 3.10. The number of hydrogen-bond acceptors (Lipinski definition) is 4. The van der Waals surface area contributed by atoms with Crippen LogP contribution in [-0.2, 0) is 14.3 Å². The van der Waals surface area contributed by atoms with Crippen molar-refractivity contribution in [3.63, 3.8) is 0 Å². The predicted octanol–water partition coefficient (Wildman–Crippen LogP) is 0.800. The molecule has 2 fully saturated rings. The maximum absolute atomic E-state index is 12.7. The number of benzene rings is 1. The lowest BCUT2D eigenvalue weighted by molar-refractivity contribution is -0.128. The minimum absolute atomic E-state index is 0.236. The number of carbonyl (C=O) groups excluding carboxylic acids is 2. The number of imide groups is 1. The Kier molecular flexibility index (Phi) is 2.44. The Labute approximate surface area is 121 Å². The van der Waals surface area contributed by atoms with Crippen molar-refractivity contribution in [2.75, 3.05) is 11.5 Å². The lowest BCUT2D eigenvalue weighted by Crippen LogP contribution is -2.43. The van der Waals surface area contributed by atoms with Crippen LogP contribution in [0, 0.1) is 18.8 Å². The van der Waals surface area contributed by atoms with E-state index in [1.54, 1.807) is 18.2 Å². The van der Waals surface area contributed by atoms with Crippen LogP contribution < -0.4 is 4.90 Å². The first-order chi connectivity index (χ1) is 10.1. The number of fused-ring (bicyclic) bond motifs is 5. The van der Waals surface area contributed by atoms with Crippen LogP contribution in [0.2, 0.25) is 0 Å². The molecule has 108 valence electrons. The standard InChI is InChI=1S/C16H15NO4/c1-9-3-2-4-10(7-9)17-14(19)12-11-5-6-16(8-18,21-11)13(12)15(17)20/h2-7,11-13,18H,8H2,1H3/t11-,12+,13+,16+/m1/s1. The molecule has 3 heterocycles. The van der Waals surface area contributed by atoms with Crippen LogP contribution in [0.5, 0.6) is 0 Å². The molecule has 0 saturated carbocycles. The quantitative estimate of drug-likeness (QED) is 0.645. The van der Waals surface area contributed by atoms with Crippen molar-refractivity contribution in [3.05, 3.63) is 42.0 Å². The number of carbonyl (C=O) groups is 2. The van der Waals surface area contributed by atoms with Crippen LogP contribution in [-0.4, -0.2) is 35.2 Å². The normalized spacial score (nSPS) is 36.7. The molecule has 3 aliphatic rings. The average Bonchev–Trinajstić information content (AvgIpc) is 3.10. The molecule has 1 aromatic rings. The Hall–Kier alpha value is -1.98. The molecule has 4 rings (SSSR count). The lowest BCUT2D eigenvalue weighted by Gasteiger charge is -2.26. The van der Waals surface area contributed by atoms with Gasteiger partial charge < -0.3 is 9.84 Å². The summed E-state index contributed by atoms with van der Waals surface area (Å²) in [6, 6.07) is 7.31. The average molecular weight is 285 g/mol. The molecular formula is C16H15NO4. The Morgan fingerprint density at radius 1 is 1.33 bits per heavy atom. The fourth-order valence-corrected chi connectivity index (χ4v) is 3.71. The number of rotatable bonds is 2. The van der Waals surface area contributed by atoms with E-state index >= 15 is 0 Å². The van der Waals surface area contributed by atoms with E-state index < -0.39 is 23.5 Å². The van der Waals surface area contributed by atoms with Crippen molar-refractivity contribution < 1.29 is 19.4 Å². The molecule has 0 unspecified atom stereocenters. The molecule has 0 spiro atoms. The highest BCUT2D eigenvalue weighted by molar-refractivity contribution is 6.23. The summed E-state index contributed by atoms with van der Waals surface area (Å²) in [4.78, 5) is 26.7. The molecule has 5 nitrogen and oxygen atoms in total. The molecule has 21 heavy (non-hydrogen) atoms. The fourth-order valence-electron chi connectivity index (χ4n) is 3.71. The van der Waals surface area contributed by atoms with Gasteiger partial charge >= 0.3 is 0 Å². The number of anilines is 1. The van der Waals surface area contributed by atoms with Crippen molar-refractivity contribution in [2.24, 2.45) is 11.8 Å². The van der Waals surface area contributed by atoms with Crippen LogP contribution >= 0.6 is 0 Å². The van der Waals surface area contributed by atoms with Crippen LogP contribution in [0.4, 0.5) is 5.69 Å². The first-order valence-corrected chi connectivity index (χ1v) is 7.00. The van der Waals surface area contributed by atoms with Crippen molar-refractivity contribution in [3.8, 4) is 0 Å². The number of aryl methyl sites for hydroxylation is 1. The number of ether oxygens (including phenoxy) is 1. The van der Waals surface area contributed by atoms with Gasteiger partial charge in [-0.3, -0.25) is 9.59 Å². The fraction of sp³-hybridized carbons (Fsp3) is 0.375. The van der Waals surface area contributed by atoms with Gasteiger partial charge in [0.15, 0.2) is 0 Å². The first-order valence-electron chi connectivity index (χ1n) is 7.00. The van der Waals surface area contributed by atoms with Gasteiger partial charge in [-0.25, -0.2) is 4.90 Å². The van der Waals surface area contributed by atoms with E-state index in [-0.39, 0.29) is 18.4 Å². The Morgan fingerprint density at radius 2 is 2.14 bits per heavy atom. The molecule has 5 heteroatoms. The van der Waals surface area contributed by atoms with Gasteiger partial charge in [0.2, 0.25) is 11.8 Å². The van der Waals surface area contributed by atoms with E-state index in [0.717, 1.165) is 5.56 Å². The van der Waals surface area contributed by atoms with E-state index in [4.69, 9.17) is 4.74 Å². The molecule has 4 atom stereocenters. The number of hydrogen-bond donors (Lipinski definition) is 1. The lowest BCUT2D eigenvalue weighted by atomic mass is 9.77. The van der Waals surface area contributed by atoms with Crippen molar-refractivity contribution in [1.29, 1.82) is 0 Å². The smallest absolute Gasteiger partial charge is 0.241 e. The second-order valence-electron chi connectivity index (χ2n) is 5.91. The molecule has 0 aliphatic carbocycles. The predicted molar refractivity (Wildman–Crippen MR) is 74.5 cm³/mol. The minimum Gasteiger partial charge on any atom is -0.393 e. The van der Waals surface area contributed by atoms with Gasteiger partial charge in [-0.15, -0.1) is 0 Å². The molecule has 2 amide bonds. The highest BCUT2D eigenvalue weighted by Crippen LogP contribution is 2.52. The van der Waals surface area contributed by atoms with Crippen LogP contribution in [0.25, 0.3) is 0 Å². The van der Waals surface area contributed by atoms with Gasteiger partial charge in [-0.2, -0.15) is 0 Å². The topological polar surface area (TPSA) is 66.8 Å². The summed E-state index contributed by atoms with van der Waals surface area (Å²) in [5, 5.41) is 9.64. The molecule has 1 N–H and O–H groups in total. The van der Waals surface area contributed by atoms with Crippen LogP contribution in [0.1, 0.15) is 5.56 Å². The summed E-state index contributed by atoms with van der Waals surface area (Å²) in [5.41, 5.74) is 0.548. The zero-order valence-electron chi connectivity index (χ0n) is 11.5.